The zero-order valence-corrected chi connectivity index (χ0v) is 10.7. The first kappa shape index (κ1) is 12.4. The molecule has 0 heterocycles. The number of nitrogens with one attached hydrogen (secondary N) is 1. The van der Waals surface area contributed by atoms with Gasteiger partial charge in [-0.25, -0.2) is 0 Å². The van der Waals surface area contributed by atoms with Gasteiger partial charge in [0.15, 0.2) is 0 Å². The topological polar surface area (TPSA) is 32.3 Å². The number of rotatable bonds is 3. The van der Waals surface area contributed by atoms with Crippen molar-refractivity contribution in [1.29, 1.82) is 0 Å². The first-order valence-corrected chi connectivity index (χ1v) is 7.11. The standard InChI is InChI=1S/C14H27NO/c1-14(9-5-2-6-10-14)11-15-12-7-3-4-8-13(12)16/h12-13,15-16H,2-11H2,1H3. The predicted octanol–water partition coefficient (Wildman–Crippen LogP) is 2.85. The summed E-state index contributed by atoms with van der Waals surface area (Å²) < 4.78 is 0. The van der Waals surface area contributed by atoms with Crippen molar-refractivity contribution in [2.75, 3.05) is 6.54 Å². The molecular weight excluding hydrogens is 198 g/mol. The molecule has 2 heteroatoms. The van der Waals surface area contributed by atoms with Crippen molar-refractivity contribution in [2.45, 2.75) is 76.9 Å². The Balaban J connectivity index is 1.76. The summed E-state index contributed by atoms with van der Waals surface area (Å²) in [6, 6.07) is 0.368. The van der Waals surface area contributed by atoms with E-state index >= 15 is 0 Å². The molecule has 2 saturated carbocycles. The summed E-state index contributed by atoms with van der Waals surface area (Å²) in [4.78, 5) is 0. The average molecular weight is 225 g/mol. The van der Waals surface area contributed by atoms with Gasteiger partial charge in [-0.2, -0.15) is 0 Å². The highest BCUT2D eigenvalue weighted by molar-refractivity contribution is 4.86. The third kappa shape index (κ3) is 3.21. The van der Waals surface area contributed by atoms with Crippen molar-refractivity contribution in [3.8, 4) is 0 Å². The highest BCUT2D eigenvalue weighted by Gasteiger charge is 2.29. The van der Waals surface area contributed by atoms with Gasteiger partial charge in [0.2, 0.25) is 0 Å². The lowest BCUT2D eigenvalue weighted by Gasteiger charge is -2.37. The van der Waals surface area contributed by atoms with E-state index in [1.807, 2.05) is 0 Å². The van der Waals surface area contributed by atoms with Gasteiger partial charge in [0, 0.05) is 12.6 Å². The third-order valence-electron chi connectivity index (χ3n) is 4.58. The highest BCUT2D eigenvalue weighted by Crippen LogP contribution is 2.35. The van der Waals surface area contributed by atoms with Gasteiger partial charge in [-0.05, 0) is 31.1 Å². The van der Waals surface area contributed by atoms with E-state index < -0.39 is 0 Å². The van der Waals surface area contributed by atoms with Gasteiger partial charge in [0.1, 0.15) is 0 Å². The van der Waals surface area contributed by atoms with Crippen LogP contribution >= 0.6 is 0 Å². The van der Waals surface area contributed by atoms with Crippen molar-refractivity contribution in [1.82, 2.24) is 5.32 Å². The van der Waals surface area contributed by atoms with Gasteiger partial charge in [-0.15, -0.1) is 0 Å². The Labute approximate surface area is 99.8 Å². The Hall–Kier alpha value is -0.0800. The molecule has 0 aromatic rings. The fourth-order valence-electron chi connectivity index (χ4n) is 3.31. The van der Waals surface area contributed by atoms with Crippen LogP contribution in [0, 0.1) is 5.41 Å². The zero-order valence-electron chi connectivity index (χ0n) is 10.7. The van der Waals surface area contributed by atoms with E-state index in [4.69, 9.17) is 0 Å². The SMILES string of the molecule is CC1(CNC2CCCCC2O)CCCCC1. The lowest BCUT2D eigenvalue weighted by Crippen LogP contribution is -2.46. The monoisotopic (exact) mass is 225 g/mol. The van der Waals surface area contributed by atoms with Crippen LogP contribution in [0.4, 0.5) is 0 Å². The van der Waals surface area contributed by atoms with Gasteiger partial charge in [-0.3, -0.25) is 0 Å². The minimum Gasteiger partial charge on any atom is -0.392 e. The molecule has 0 aromatic heterocycles. The van der Waals surface area contributed by atoms with E-state index in [0.29, 0.717) is 11.5 Å². The Morgan fingerprint density at radius 1 is 1.06 bits per heavy atom. The van der Waals surface area contributed by atoms with Crippen LogP contribution in [0.15, 0.2) is 0 Å². The van der Waals surface area contributed by atoms with Crippen LogP contribution in [0.2, 0.25) is 0 Å². The molecule has 0 aliphatic heterocycles. The smallest absolute Gasteiger partial charge is 0.0693 e. The van der Waals surface area contributed by atoms with Gasteiger partial charge >= 0.3 is 0 Å². The molecule has 2 aliphatic rings. The van der Waals surface area contributed by atoms with Gasteiger partial charge in [-0.1, -0.05) is 39.0 Å². The second-order valence-corrected chi connectivity index (χ2v) is 6.21. The van der Waals surface area contributed by atoms with Crippen LogP contribution < -0.4 is 5.32 Å². The normalized spacial score (nSPS) is 34.9. The van der Waals surface area contributed by atoms with Crippen LogP contribution in [0.5, 0.6) is 0 Å². The maximum absolute atomic E-state index is 9.92. The maximum Gasteiger partial charge on any atom is 0.0693 e. The maximum atomic E-state index is 9.92. The van der Waals surface area contributed by atoms with E-state index in [2.05, 4.69) is 12.2 Å². The molecule has 0 aromatic carbocycles. The van der Waals surface area contributed by atoms with Gasteiger partial charge in [0.25, 0.3) is 0 Å². The minimum atomic E-state index is -0.0964. The van der Waals surface area contributed by atoms with Crippen LogP contribution in [0.3, 0.4) is 0 Å². The summed E-state index contributed by atoms with van der Waals surface area (Å²) >= 11 is 0. The summed E-state index contributed by atoms with van der Waals surface area (Å²) in [6.45, 7) is 3.52. The second kappa shape index (κ2) is 5.50. The molecule has 0 bridgehead atoms. The summed E-state index contributed by atoms with van der Waals surface area (Å²) in [5, 5.41) is 13.6. The molecule has 0 saturated heterocycles. The molecule has 2 fully saturated rings. The Kier molecular flexibility index (Phi) is 4.26. The highest BCUT2D eigenvalue weighted by atomic mass is 16.3. The van der Waals surface area contributed by atoms with Crippen molar-refractivity contribution >= 4 is 0 Å². The van der Waals surface area contributed by atoms with Crippen LogP contribution in [-0.2, 0) is 0 Å². The van der Waals surface area contributed by atoms with E-state index in [0.717, 1.165) is 19.4 Å². The molecule has 2 unspecified atom stereocenters. The van der Waals surface area contributed by atoms with Gasteiger partial charge < -0.3 is 10.4 Å². The molecule has 16 heavy (non-hydrogen) atoms. The van der Waals surface area contributed by atoms with E-state index in [9.17, 15) is 5.11 Å². The first-order valence-electron chi connectivity index (χ1n) is 7.11. The minimum absolute atomic E-state index is 0.0964. The first-order chi connectivity index (χ1) is 7.70. The molecule has 0 spiro atoms. The summed E-state index contributed by atoms with van der Waals surface area (Å²) in [6.07, 6.45) is 11.5. The molecule has 2 aliphatic carbocycles. The Bertz CT molecular complexity index is 211. The summed E-state index contributed by atoms with van der Waals surface area (Å²) in [5.41, 5.74) is 0.495. The lowest BCUT2D eigenvalue weighted by molar-refractivity contribution is 0.0799. The largest absolute Gasteiger partial charge is 0.392 e. The zero-order chi connectivity index (χ0) is 11.4. The Morgan fingerprint density at radius 2 is 1.75 bits per heavy atom. The number of hydrogen-bond donors (Lipinski definition) is 2. The molecule has 2 atom stereocenters. The number of aliphatic hydroxyl groups excluding tert-OH is 1. The van der Waals surface area contributed by atoms with Crippen molar-refractivity contribution < 1.29 is 5.11 Å². The van der Waals surface area contributed by atoms with Crippen molar-refractivity contribution in [3.63, 3.8) is 0 Å². The number of aliphatic hydroxyl groups is 1. The van der Waals surface area contributed by atoms with E-state index in [1.54, 1.807) is 0 Å². The molecule has 94 valence electrons. The van der Waals surface area contributed by atoms with Crippen LogP contribution in [0.25, 0.3) is 0 Å². The fourth-order valence-corrected chi connectivity index (χ4v) is 3.31. The van der Waals surface area contributed by atoms with Crippen LogP contribution in [0.1, 0.15) is 64.7 Å². The quantitative estimate of drug-likeness (QED) is 0.774. The molecule has 0 amide bonds. The molecule has 2 nitrogen and oxygen atoms in total. The third-order valence-corrected chi connectivity index (χ3v) is 4.58. The molecule has 2 N–H and O–H groups in total. The summed E-state index contributed by atoms with van der Waals surface area (Å²) in [5.74, 6) is 0. The average Bonchev–Trinajstić information content (AvgIpc) is 2.29. The predicted molar refractivity (Wildman–Crippen MR) is 67.5 cm³/mol. The molecule has 0 radical (unpaired) electrons. The summed E-state index contributed by atoms with van der Waals surface area (Å²) in [7, 11) is 0. The molecular formula is C14H27NO. The second-order valence-electron chi connectivity index (χ2n) is 6.21. The fraction of sp³-hybridized carbons (Fsp3) is 1.00. The lowest BCUT2D eigenvalue weighted by atomic mass is 9.75. The van der Waals surface area contributed by atoms with Crippen molar-refractivity contribution in [3.05, 3.63) is 0 Å². The Morgan fingerprint density at radius 3 is 2.44 bits per heavy atom. The molecule has 2 rings (SSSR count). The van der Waals surface area contributed by atoms with E-state index in [1.165, 1.54) is 44.9 Å². The van der Waals surface area contributed by atoms with Crippen LogP contribution in [-0.4, -0.2) is 23.8 Å². The van der Waals surface area contributed by atoms with Gasteiger partial charge in [0.05, 0.1) is 6.10 Å². The number of hydrogen-bond acceptors (Lipinski definition) is 2. The van der Waals surface area contributed by atoms with Crippen molar-refractivity contribution in [2.24, 2.45) is 5.41 Å². The van der Waals surface area contributed by atoms with E-state index in [-0.39, 0.29) is 6.10 Å².